The zero-order valence-electron chi connectivity index (χ0n) is 27.8. The van der Waals surface area contributed by atoms with E-state index in [-0.39, 0.29) is 5.43 Å². The minimum Gasteiger partial charge on any atom is -0.164 e. The van der Waals surface area contributed by atoms with Gasteiger partial charge in [0.2, 0.25) is 0 Å². The summed E-state index contributed by atoms with van der Waals surface area (Å²) >= 11 is 1.74. The van der Waals surface area contributed by atoms with Crippen molar-refractivity contribution in [3.05, 3.63) is 157 Å². The van der Waals surface area contributed by atoms with Gasteiger partial charge in [0, 0.05) is 0 Å². The van der Waals surface area contributed by atoms with Crippen LogP contribution in [0.4, 0.5) is 0 Å². The molecule has 0 heterocycles. The van der Waals surface area contributed by atoms with Crippen molar-refractivity contribution in [2.45, 2.75) is 50.6 Å². The molecule has 0 radical (unpaired) electrons. The zero-order valence-corrected chi connectivity index (χ0v) is 31.3. The van der Waals surface area contributed by atoms with Crippen molar-refractivity contribution in [1.29, 1.82) is 0 Å². The Morgan fingerprint density at radius 2 is 0.792 bits per heavy atom. The van der Waals surface area contributed by atoms with Gasteiger partial charge in [0.15, 0.2) is 0 Å². The van der Waals surface area contributed by atoms with E-state index in [1.807, 2.05) is 0 Å². The Labute approximate surface area is 299 Å². The van der Waals surface area contributed by atoms with E-state index in [0.717, 1.165) is 11.8 Å². The molecule has 0 nitrogen and oxygen atoms in total. The number of hydrogen-bond donors (Lipinski definition) is 0. The number of hydrogen-bond acceptors (Lipinski definition) is 0. The smallest absolute Gasteiger partial charge is 0.0114 e. The molecule has 2 heteroatoms. The Kier molecular flexibility index (Phi) is 8.89. The second-order valence-electron chi connectivity index (χ2n) is 13.8. The normalized spacial score (nSPS) is 14.1. The third kappa shape index (κ3) is 6.58. The second kappa shape index (κ2) is 13.6. The summed E-state index contributed by atoms with van der Waals surface area (Å²) in [5.41, 5.74) is 8.68. The van der Waals surface area contributed by atoms with E-state index in [2.05, 4.69) is 159 Å². The molecule has 0 spiro atoms. The van der Waals surface area contributed by atoms with Gasteiger partial charge in [0.1, 0.15) is 0 Å². The third-order valence-corrected chi connectivity index (χ3v) is 9.80. The summed E-state index contributed by atoms with van der Waals surface area (Å²) in [5.74, 6) is 1.63. The maximum Gasteiger partial charge on any atom is -0.0114 e. The summed E-state index contributed by atoms with van der Waals surface area (Å²) in [6, 6.07) is 53.6. The molecule has 48 heavy (non-hydrogen) atoms. The second-order valence-corrected chi connectivity index (χ2v) is 23.2. The molecule has 2 aliphatic carbocycles. The van der Waals surface area contributed by atoms with E-state index in [0.29, 0.717) is 0 Å². The first-order valence-corrected chi connectivity index (χ1v) is 23.6. The van der Waals surface area contributed by atoms with Crippen molar-refractivity contribution in [2.75, 3.05) is 0 Å². The van der Waals surface area contributed by atoms with E-state index in [9.17, 15) is 0 Å². The minimum atomic E-state index is 0.210. The SMILES string of the molecule is C[Si](C)=[Zr+2].c1ccc2c(-c3cccc4[cH-]c(C5CC5)cc34)cccc2c1.c1ccc2c(-c3cccc4[cH-]c(C5CC5)cc34)cccc2c1. The monoisotopic (exact) mass is 710 g/mol. The molecule has 232 valence electrons. The van der Waals surface area contributed by atoms with Crippen LogP contribution in [0.15, 0.2) is 146 Å². The molecule has 8 aromatic carbocycles. The van der Waals surface area contributed by atoms with Gasteiger partial charge in [-0.2, -0.15) is 12.1 Å². The van der Waals surface area contributed by atoms with Crippen LogP contribution in [0.5, 0.6) is 0 Å². The van der Waals surface area contributed by atoms with Gasteiger partial charge < -0.3 is 0 Å². The molecule has 2 fully saturated rings. The van der Waals surface area contributed by atoms with Gasteiger partial charge in [0.05, 0.1) is 0 Å². The fraction of sp³-hybridized carbons (Fsp3) is 0.174. The Bertz CT molecular complexity index is 2230. The van der Waals surface area contributed by atoms with Gasteiger partial charge in [-0.1, -0.05) is 108 Å². The van der Waals surface area contributed by atoms with Crippen molar-refractivity contribution in [2.24, 2.45) is 0 Å². The largest absolute Gasteiger partial charge is 0.164 e. The molecule has 0 saturated heterocycles. The van der Waals surface area contributed by atoms with Crippen molar-refractivity contribution >= 4 is 48.5 Å². The van der Waals surface area contributed by atoms with Crippen LogP contribution in [-0.2, 0) is 23.3 Å². The average molecular weight is 712 g/mol. The van der Waals surface area contributed by atoms with Gasteiger partial charge in [0.25, 0.3) is 0 Å². The van der Waals surface area contributed by atoms with E-state index in [1.54, 1.807) is 23.3 Å². The number of rotatable bonds is 4. The predicted octanol–water partition coefficient (Wildman–Crippen LogP) is 13.3. The minimum absolute atomic E-state index is 0.210. The molecule has 10 rings (SSSR count). The Hall–Kier alpha value is -3.84. The van der Waals surface area contributed by atoms with Crippen LogP contribution in [0.25, 0.3) is 65.3 Å². The molecular weight excluding hydrogens is 672 g/mol. The summed E-state index contributed by atoms with van der Waals surface area (Å²) < 4.78 is 0. The first-order valence-electron chi connectivity index (χ1n) is 17.4. The van der Waals surface area contributed by atoms with Crippen LogP contribution < -0.4 is 0 Å². The van der Waals surface area contributed by atoms with Crippen molar-refractivity contribution in [1.82, 2.24) is 0 Å². The van der Waals surface area contributed by atoms with Crippen LogP contribution in [0, 0.1) is 0 Å². The standard InChI is InChI=1S/2C22H17.C2H6Si.Zr/c2*1-2-8-19-16(5-1)6-3-9-20(19)21-10-4-7-17-13-18(14-22(17)21)15-11-12-15;1-3-2;/h2*1-10,13-15H,11-12H2;1-2H3;/q2*-1;;+2. The topological polar surface area (TPSA) is 0 Å². The molecule has 2 aliphatic rings. The van der Waals surface area contributed by atoms with Gasteiger partial charge in [-0.15, -0.1) is 69.1 Å². The zero-order chi connectivity index (χ0) is 32.6. The summed E-state index contributed by atoms with van der Waals surface area (Å²) in [6.45, 7) is 4.62. The third-order valence-electron chi connectivity index (χ3n) is 9.80. The van der Waals surface area contributed by atoms with Crippen molar-refractivity contribution in [3.8, 4) is 22.3 Å². The molecule has 0 N–H and O–H groups in total. The number of fused-ring (bicyclic) bond motifs is 4. The molecule has 8 aromatic rings. The Balaban J connectivity index is 0.000000126. The van der Waals surface area contributed by atoms with E-state index in [4.69, 9.17) is 0 Å². The van der Waals surface area contributed by atoms with Gasteiger partial charge in [-0.3, -0.25) is 0 Å². The Morgan fingerprint density at radius 3 is 1.19 bits per heavy atom. The van der Waals surface area contributed by atoms with Crippen LogP contribution >= 0.6 is 0 Å². The summed E-state index contributed by atoms with van der Waals surface area (Å²) in [4.78, 5) is 0. The van der Waals surface area contributed by atoms with Gasteiger partial charge >= 0.3 is 41.9 Å². The molecule has 0 aliphatic heterocycles. The average Bonchev–Trinajstić information content (AvgIpc) is 4.05. The first-order chi connectivity index (χ1) is 23.5. The van der Waals surface area contributed by atoms with Crippen molar-refractivity contribution < 1.29 is 23.3 Å². The molecule has 0 aromatic heterocycles. The molecule has 0 atom stereocenters. The van der Waals surface area contributed by atoms with Crippen LogP contribution in [0.3, 0.4) is 0 Å². The summed E-state index contributed by atoms with van der Waals surface area (Å²) in [5, 5.41) is 10.9. The van der Waals surface area contributed by atoms with Crippen LogP contribution in [-0.4, -0.2) is 5.43 Å². The predicted molar refractivity (Wildman–Crippen MR) is 206 cm³/mol. The van der Waals surface area contributed by atoms with Crippen molar-refractivity contribution in [3.63, 3.8) is 0 Å². The Morgan fingerprint density at radius 1 is 0.458 bits per heavy atom. The maximum atomic E-state index is 2.42. The molecule has 0 amide bonds. The fourth-order valence-corrected chi connectivity index (χ4v) is 7.21. The van der Waals surface area contributed by atoms with E-state index in [1.165, 1.54) is 102 Å². The van der Waals surface area contributed by atoms with E-state index >= 15 is 0 Å². The van der Waals surface area contributed by atoms with Crippen LogP contribution in [0.1, 0.15) is 48.6 Å². The first kappa shape index (κ1) is 31.4. The maximum absolute atomic E-state index is 2.42. The fourth-order valence-electron chi connectivity index (χ4n) is 7.21. The van der Waals surface area contributed by atoms with Gasteiger partial charge in [-0.25, -0.2) is 0 Å². The number of benzene rings is 6. The molecule has 0 bridgehead atoms. The molecule has 2 saturated carbocycles. The molecular formula is C46H40SiZr. The summed E-state index contributed by atoms with van der Waals surface area (Å²) in [7, 11) is 0. The quantitative estimate of drug-likeness (QED) is 0.126. The van der Waals surface area contributed by atoms with Gasteiger partial charge in [-0.05, 0) is 70.2 Å². The van der Waals surface area contributed by atoms with E-state index < -0.39 is 0 Å². The molecule has 0 unspecified atom stereocenters. The van der Waals surface area contributed by atoms with Crippen LogP contribution in [0.2, 0.25) is 13.1 Å². The summed E-state index contributed by atoms with van der Waals surface area (Å²) in [6.07, 6.45) is 5.44.